The van der Waals surface area contributed by atoms with Crippen LogP contribution in [0.25, 0.3) is 0 Å². The summed E-state index contributed by atoms with van der Waals surface area (Å²) in [6.45, 7) is 1.51. The Hall–Kier alpha value is -2.98. The molecule has 0 amide bonds. The maximum Gasteiger partial charge on any atom is 0.305 e. The summed E-state index contributed by atoms with van der Waals surface area (Å²) in [6.07, 6.45) is 0.576. The maximum atomic E-state index is 11.4. The molecular formula is C10H10N3O8-. The van der Waals surface area contributed by atoms with Crippen LogP contribution in [0.3, 0.4) is 0 Å². The molecule has 0 N–H and O–H groups in total. The standard InChI is InChI=1S/C10H10N3O8/c1-2-21-10(14)5-7-8(12(17)18)3-6(11(15)16)4-9(7)13(19)20/h3-4,7H,2,5H2,1H3/q-1. The molecule has 1 rings (SSSR count). The first-order valence-electron chi connectivity index (χ1n) is 5.66. The Morgan fingerprint density at radius 2 is 1.90 bits per heavy atom. The van der Waals surface area contributed by atoms with Crippen LogP contribution in [-0.2, 0) is 9.53 Å². The lowest BCUT2D eigenvalue weighted by molar-refractivity contribution is -0.488. The molecule has 0 aromatic heterocycles. The topological polar surface area (TPSA) is 156 Å². The zero-order valence-corrected chi connectivity index (χ0v) is 10.8. The molecule has 114 valence electrons. The Morgan fingerprint density at radius 3 is 2.33 bits per heavy atom. The van der Waals surface area contributed by atoms with E-state index >= 15 is 0 Å². The van der Waals surface area contributed by atoms with Gasteiger partial charge in [0, 0.05) is 6.08 Å². The molecule has 0 fully saturated rings. The molecule has 21 heavy (non-hydrogen) atoms. The third-order valence-electron chi connectivity index (χ3n) is 2.61. The quantitative estimate of drug-likeness (QED) is 0.300. The SMILES string of the molecule is CCOC(=O)CC1C([N+](=O)[O-])=CC([N+](=O)[O-])=C[C-]1[N+](=O)[O-]. The van der Waals surface area contributed by atoms with Gasteiger partial charge < -0.3 is 4.74 Å². The third kappa shape index (κ3) is 3.75. The van der Waals surface area contributed by atoms with Crippen molar-refractivity contribution in [2.45, 2.75) is 13.3 Å². The number of allylic oxidation sites excluding steroid dienone is 1. The maximum absolute atomic E-state index is 11.4. The normalized spacial score (nSPS) is 17.6. The summed E-state index contributed by atoms with van der Waals surface area (Å²) in [5.41, 5.74) is -1.57. The van der Waals surface area contributed by atoms with Crippen LogP contribution in [-0.4, -0.2) is 27.3 Å². The minimum absolute atomic E-state index is 0.00680. The van der Waals surface area contributed by atoms with Gasteiger partial charge in [0.2, 0.25) is 5.70 Å². The summed E-state index contributed by atoms with van der Waals surface area (Å²) in [4.78, 5) is 41.0. The fraction of sp³-hybridized carbons (Fsp3) is 0.400. The van der Waals surface area contributed by atoms with Crippen molar-refractivity contribution in [3.63, 3.8) is 0 Å². The highest BCUT2D eigenvalue weighted by Gasteiger charge is 2.39. The first-order valence-corrected chi connectivity index (χ1v) is 5.66. The summed E-state index contributed by atoms with van der Waals surface area (Å²) in [6, 6.07) is -0.788. The number of esters is 1. The molecule has 11 heteroatoms. The molecule has 0 spiro atoms. The molecule has 0 heterocycles. The van der Waals surface area contributed by atoms with Gasteiger partial charge in [0.25, 0.3) is 0 Å². The number of ether oxygens (including phenoxy) is 1. The van der Waals surface area contributed by atoms with E-state index < -0.39 is 50.5 Å². The van der Waals surface area contributed by atoms with Gasteiger partial charge in [0.1, 0.15) is 11.7 Å². The third-order valence-corrected chi connectivity index (χ3v) is 2.61. The van der Waals surface area contributed by atoms with E-state index in [-0.39, 0.29) is 6.61 Å². The van der Waals surface area contributed by atoms with Crippen molar-refractivity contribution in [2.24, 2.45) is 5.92 Å². The molecule has 0 aliphatic heterocycles. The molecule has 1 atom stereocenters. The van der Waals surface area contributed by atoms with Crippen LogP contribution >= 0.6 is 0 Å². The number of carbonyl (C=O) groups excluding carboxylic acids is 1. The molecule has 0 aromatic carbocycles. The molecule has 0 aromatic rings. The smallest absolute Gasteiger partial charge is 0.305 e. The summed E-state index contributed by atoms with van der Waals surface area (Å²) < 4.78 is 4.60. The van der Waals surface area contributed by atoms with Gasteiger partial charge in [-0.1, -0.05) is 6.08 Å². The van der Waals surface area contributed by atoms with Crippen molar-refractivity contribution in [1.29, 1.82) is 0 Å². The molecule has 1 unspecified atom stereocenters. The molecule has 0 saturated heterocycles. The number of carbonyl (C=O) groups is 1. The van der Waals surface area contributed by atoms with Crippen LogP contribution < -0.4 is 0 Å². The summed E-state index contributed by atoms with van der Waals surface area (Å²) in [5, 5.41) is 32.5. The van der Waals surface area contributed by atoms with Gasteiger partial charge in [-0.3, -0.25) is 35.1 Å². The minimum Gasteiger partial charge on any atom is -0.466 e. The summed E-state index contributed by atoms with van der Waals surface area (Å²) in [7, 11) is 0. The van der Waals surface area contributed by atoms with Gasteiger partial charge in [-0.2, -0.15) is 0 Å². The highest BCUT2D eigenvalue weighted by molar-refractivity contribution is 5.70. The lowest BCUT2D eigenvalue weighted by Crippen LogP contribution is -2.30. The number of hydrogen-bond acceptors (Lipinski definition) is 8. The molecule has 11 nitrogen and oxygen atoms in total. The van der Waals surface area contributed by atoms with E-state index in [0.29, 0.717) is 12.2 Å². The number of hydrogen-bond donors (Lipinski definition) is 0. The fourth-order valence-corrected chi connectivity index (χ4v) is 1.76. The van der Waals surface area contributed by atoms with Gasteiger partial charge in [-0.25, -0.2) is 0 Å². The lowest BCUT2D eigenvalue weighted by Gasteiger charge is -2.24. The minimum atomic E-state index is -1.50. The van der Waals surface area contributed by atoms with Gasteiger partial charge >= 0.3 is 5.97 Å². The molecule has 1 aliphatic carbocycles. The van der Waals surface area contributed by atoms with Crippen LogP contribution in [0.5, 0.6) is 0 Å². The van der Waals surface area contributed by atoms with E-state index in [4.69, 9.17) is 0 Å². The summed E-state index contributed by atoms with van der Waals surface area (Å²) >= 11 is 0. The Bertz CT molecular complexity index is 553. The number of nitrogens with zero attached hydrogens (tertiary/aromatic N) is 3. The van der Waals surface area contributed by atoms with Crippen LogP contribution in [0.4, 0.5) is 0 Å². The zero-order valence-electron chi connectivity index (χ0n) is 10.8. The van der Waals surface area contributed by atoms with Crippen molar-refractivity contribution < 1.29 is 24.3 Å². The largest absolute Gasteiger partial charge is 0.466 e. The highest BCUT2D eigenvalue weighted by Crippen LogP contribution is 2.34. The van der Waals surface area contributed by atoms with Gasteiger partial charge in [-0.05, 0) is 16.8 Å². The van der Waals surface area contributed by atoms with E-state index in [1.807, 2.05) is 0 Å². The molecule has 0 bridgehead atoms. The second kappa shape index (κ2) is 6.45. The van der Waals surface area contributed by atoms with Crippen molar-refractivity contribution >= 4 is 5.97 Å². The van der Waals surface area contributed by atoms with Crippen LogP contribution in [0, 0.1) is 42.3 Å². The van der Waals surface area contributed by atoms with Crippen molar-refractivity contribution in [2.75, 3.05) is 6.61 Å². The lowest BCUT2D eigenvalue weighted by atomic mass is 9.88. The molecule has 0 radical (unpaired) electrons. The molecule has 1 aliphatic rings. The van der Waals surface area contributed by atoms with Crippen molar-refractivity contribution in [3.8, 4) is 0 Å². The Balaban J connectivity index is 3.20. The Morgan fingerprint density at radius 1 is 1.29 bits per heavy atom. The van der Waals surface area contributed by atoms with Crippen molar-refractivity contribution in [3.05, 3.63) is 59.9 Å². The van der Waals surface area contributed by atoms with E-state index in [0.717, 1.165) is 0 Å². The van der Waals surface area contributed by atoms with E-state index in [1.165, 1.54) is 6.92 Å². The average Bonchev–Trinajstić information content (AvgIpc) is 2.37. The fourth-order valence-electron chi connectivity index (χ4n) is 1.76. The Labute approximate surface area is 117 Å². The van der Waals surface area contributed by atoms with Gasteiger partial charge in [0.05, 0.1) is 23.9 Å². The Kier molecular flexibility index (Phi) is 4.94. The molecular weight excluding hydrogens is 290 g/mol. The highest BCUT2D eigenvalue weighted by atomic mass is 16.6. The molecule has 0 saturated carbocycles. The average molecular weight is 300 g/mol. The number of nitro groups is 3. The van der Waals surface area contributed by atoms with E-state index in [9.17, 15) is 35.1 Å². The first kappa shape index (κ1) is 16.1. The first-order chi connectivity index (χ1) is 9.77. The monoisotopic (exact) mass is 300 g/mol. The second-order valence-electron chi connectivity index (χ2n) is 3.90. The summed E-state index contributed by atoms with van der Waals surface area (Å²) in [5.74, 6) is -2.37. The predicted molar refractivity (Wildman–Crippen MR) is 65.1 cm³/mol. The van der Waals surface area contributed by atoms with Gasteiger partial charge in [0.15, 0.2) is 0 Å². The van der Waals surface area contributed by atoms with Crippen LogP contribution in [0.2, 0.25) is 0 Å². The zero-order chi connectivity index (χ0) is 16.2. The number of rotatable bonds is 6. The van der Waals surface area contributed by atoms with Gasteiger partial charge in [-0.15, -0.1) is 0 Å². The van der Waals surface area contributed by atoms with E-state index in [1.54, 1.807) is 0 Å². The van der Waals surface area contributed by atoms with Crippen LogP contribution in [0.15, 0.2) is 23.5 Å². The van der Waals surface area contributed by atoms with Crippen molar-refractivity contribution in [1.82, 2.24) is 0 Å². The second-order valence-corrected chi connectivity index (χ2v) is 3.90. The predicted octanol–water partition coefficient (Wildman–Crippen LogP) is 0.699. The van der Waals surface area contributed by atoms with Crippen LogP contribution in [0.1, 0.15) is 13.3 Å². The van der Waals surface area contributed by atoms with E-state index in [2.05, 4.69) is 4.74 Å².